The largest absolute Gasteiger partial charge is 0.478 e. The summed E-state index contributed by atoms with van der Waals surface area (Å²) in [6.07, 6.45) is -0.588. The fourth-order valence-electron chi connectivity index (χ4n) is 3.47. The Kier molecular flexibility index (Phi) is 6.79. The number of sulfonamides is 1. The minimum absolute atomic E-state index is 0.00884. The third-order valence-electron chi connectivity index (χ3n) is 5.24. The fraction of sp³-hybridized carbons (Fsp3) is 0.115. The van der Waals surface area contributed by atoms with Crippen LogP contribution in [0.25, 0.3) is 10.8 Å². The van der Waals surface area contributed by atoms with Crippen molar-refractivity contribution in [3.8, 4) is 5.75 Å². The molecule has 4 aromatic rings. The Hall–Kier alpha value is -3.91. The summed E-state index contributed by atoms with van der Waals surface area (Å²) in [6.45, 7) is 1.75. The van der Waals surface area contributed by atoms with Gasteiger partial charge in [0.05, 0.1) is 10.6 Å². The number of amides is 1. The Bertz CT molecular complexity index is 1420. The predicted octanol–water partition coefficient (Wildman–Crippen LogP) is 5.58. The van der Waals surface area contributed by atoms with Gasteiger partial charge in [-0.1, -0.05) is 55.5 Å². The first-order valence-corrected chi connectivity index (χ1v) is 12.2. The van der Waals surface area contributed by atoms with Crippen molar-refractivity contribution in [3.05, 3.63) is 96.8 Å². The Morgan fingerprint density at radius 3 is 2.32 bits per heavy atom. The lowest BCUT2D eigenvalue weighted by atomic mass is 10.1. The number of halogens is 1. The van der Waals surface area contributed by atoms with Crippen LogP contribution in [-0.2, 0) is 14.8 Å². The summed E-state index contributed by atoms with van der Waals surface area (Å²) in [7, 11) is -3.85. The number of para-hydroxylation sites is 1. The number of fused-ring (bicyclic) bond motifs is 1. The van der Waals surface area contributed by atoms with Crippen molar-refractivity contribution in [2.45, 2.75) is 24.3 Å². The number of hydrogen-bond donors (Lipinski definition) is 2. The molecule has 0 fully saturated rings. The molecule has 0 aliphatic heterocycles. The maximum Gasteiger partial charge on any atom is 0.265 e. The average molecular weight is 479 g/mol. The summed E-state index contributed by atoms with van der Waals surface area (Å²) in [5, 5.41) is 4.39. The number of hydrogen-bond acceptors (Lipinski definition) is 4. The van der Waals surface area contributed by atoms with E-state index in [1.165, 1.54) is 42.5 Å². The maximum atomic E-state index is 13.9. The van der Waals surface area contributed by atoms with Gasteiger partial charge in [-0.25, -0.2) is 12.8 Å². The van der Waals surface area contributed by atoms with E-state index in [0.717, 1.165) is 10.8 Å². The van der Waals surface area contributed by atoms with E-state index in [-0.39, 0.29) is 10.6 Å². The Balaban J connectivity index is 1.46. The molecule has 1 amide bonds. The van der Waals surface area contributed by atoms with Crippen molar-refractivity contribution < 1.29 is 22.3 Å². The van der Waals surface area contributed by atoms with Crippen LogP contribution in [0.3, 0.4) is 0 Å². The molecule has 0 radical (unpaired) electrons. The molecule has 0 unspecified atom stereocenters. The van der Waals surface area contributed by atoms with Crippen molar-refractivity contribution in [2.24, 2.45) is 0 Å². The molecule has 0 bridgehead atoms. The molecular weight excluding hydrogens is 455 g/mol. The van der Waals surface area contributed by atoms with Gasteiger partial charge in [0.15, 0.2) is 17.7 Å². The topological polar surface area (TPSA) is 84.5 Å². The van der Waals surface area contributed by atoms with Crippen LogP contribution in [-0.4, -0.2) is 20.4 Å². The fourth-order valence-corrected chi connectivity index (χ4v) is 4.55. The van der Waals surface area contributed by atoms with E-state index in [1.807, 2.05) is 30.3 Å². The molecule has 0 saturated carbocycles. The van der Waals surface area contributed by atoms with Crippen LogP contribution in [0.5, 0.6) is 5.75 Å². The minimum Gasteiger partial charge on any atom is -0.478 e. The van der Waals surface area contributed by atoms with Crippen molar-refractivity contribution in [1.29, 1.82) is 0 Å². The Morgan fingerprint density at radius 1 is 0.912 bits per heavy atom. The lowest BCUT2D eigenvalue weighted by Gasteiger charge is -2.18. The zero-order valence-corrected chi connectivity index (χ0v) is 19.2. The average Bonchev–Trinajstić information content (AvgIpc) is 2.84. The molecule has 2 N–H and O–H groups in total. The SMILES string of the molecule is CC[C@H](Oc1ccccc1F)C(=O)Nc1ccc(S(=O)(=O)Nc2cccc3ccccc23)cc1. The van der Waals surface area contributed by atoms with Gasteiger partial charge in [-0.05, 0) is 54.3 Å². The summed E-state index contributed by atoms with van der Waals surface area (Å²) in [6, 6.07) is 24.5. The zero-order valence-electron chi connectivity index (χ0n) is 18.4. The van der Waals surface area contributed by atoms with E-state index in [2.05, 4.69) is 10.0 Å². The van der Waals surface area contributed by atoms with Crippen molar-refractivity contribution in [1.82, 2.24) is 0 Å². The summed E-state index contributed by atoms with van der Waals surface area (Å²) >= 11 is 0. The molecule has 4 aromatic carbocycles. The number of benzene rings is 4. The first-order chi connectivity index (χ1) is 16.4. The van der Waals surface area contributed by atoms with Gasteiger partial charge in [-0.15, -0.1) is 0 Å². The van der Waals surface area contributed by atoms with E-state index in [1.54, 1.807) is 25.1 Å². The summed E-state index contributed by atoms with van der Waals surface area (Å²) in [5.74, 6) is -1.03. The van der Waals surface area contributed by atoms with Crippen LogP contribution in [0.4, 0.5) is 15.8 Å². The highest BCUT2D eigenvalue weighted by Gasteiger charge is 2.21. The van der Waals surface area contributed by atoms with Crippen LogP contribution in [0.15, 0.2) is 95.9 Å². The Labute approximate surface area is 197 Å². The quantitative estimate of drug-likeness (QED) is 0.346. The van der Waals surface area contributed by atoms with Gasteiger partial charge in [0.2, 0.25) is 0 Å². The molecule has 174 valence electrons. The molecule has 8 heteroatoms. The first-order valence-electron chi connectivity index (χ1n) is 10.7. The smallest absolute Gasteiger partial charge is 0.265 e. The zero-order chi connectivity index (χ0) is 24.1. The van der Waals surface area contributed by atoms with Gasteiger partial charge in [0, 0.05) is 11.1 Å². The third-order valence-corrected chi connectivity index (χ3v) is 6.62. The second kappa shape index (κ2) is 9.93. The van der Waals surface area contributed by atoms with E-state index < -0.39 is 27.9 Å². The lowest BCUT2D eigenvalue weighted by Crippen LogP contribution is -2.32. The number of carbonyl (C=O) groups excluding carboxylic acids is 1. The van der Waals surface area contributed by atoms with Gasteiger partial charge in [-0.2, -0.15) is 0 Å². The molecule has 0 aliphatic rings. The molecule has 0 saturated heterocycles. The monoisotopic (exact) mass is 478 g/mol. The molecular formula is C26H23FN2O4S. The van der Waals surface area contributed by atoms with E-state index in [4.69, 9.17) is 4.74 Å². The standard InChI is InChI=1S/C26H23FN2O4S/c1-2-24(33-25-13-6-5-11-22(25)27)26(30)28-19-14-16-20(17-15-19)34(31,32)29-23-12-7-9-18-8-3-4-10-21(18)23/h3-17,24,29H,2H2,1H3,(H,28,30)/t24-/m0/s1. The molecule has 6 nitrogen and oxygen atoms in total. The number of ether oxygens (including phenoxy) is 1. The number of nitrogens with one attached hydrogen (secondary N) is 2. The number of rotatable bonds is 8. The molecule has 4 rings (SSSR count). The summed E-state index contributed by atoms with van der Waals surface area (Å²) < 4.78 is 47.8. The second-order valence-corrected chi connectivity index (χ2v) is 9.27. The van der Waals surface area contributed by atoms with Gasteiger partial charge in [0.1, 0.15) is 0 Å². The molecule has 0 aliphatic carbocycles. The van der Waals surface area contributed by atoms with E-state index in [0.29, 0.717) is 17.8 Å². The first kappa shape index (κ1) is 23.3. The highest BCUT2D eigenvalue weighted by Crippen LogP contribution is 2.26. The molecule has 1 atom stereocenters. The van der Waals surface area contributed by atoms with Gasteiger partial charge >= 0.3 is 0 Å². The molecule has 0 aromatic heterocycles. The maximum absolute atomic E-state index is 13.9. The third kappa shape index (κ3) is 5.18. The van der Waals surface area contributed by atoms with E-state index >= 15 is 0 Å². The van der Waals surface area contributed by atoms with Crippen LogP contribution in [0.1, 0.15) is 13.3 Å². The highest BCUT2D eigenvalue weighted by molar-refractivity contribution is 7.92. The molecule has 34 heavy (non-hydrogen) atoms. The predicted molar refractivity (Wildman–Crippen MR) is 131 cm³/mol. The Morgan fingerprint density at radius 2 is 1.59 bits per heavy atom. The summed E-state index contributed by atoms with van der Waals surface area (Å²) in [4.78, 5) is 12.7. The number of anilines is 2. The normalized spacial score (nSPS) is 12.2. The van der Waals surface area contributed by atoms with Crippen LogP contribution >= 0.6 is 0 Å². The number of carbonyl (C=O) groups is 1. The van der Waals surface area contributed by atoms with Crippen LogP contribution in [0, 0.1) is 5.82 Å². The molecule has 0 spiro atoms. The van der Waals surface area contributed by atoms with Gasteiger partial charge in [-0.3, -0.25) is 9.52 Å². The van der Waals surface area contributed by atoms with Crippen molar-refractivity contribution in [2.75, 3.05) is 10.0 Å². The summed E-state index contributed by atoms with van der Waals surface area (Å²) in [5.41, 5.74) is 0.872. The highest BCUT2D eigenvalue weighted by atomic mass is 32.2. The van der Waals surface area contributed by atoms with Crippen LogP contribution < -0.4 is 14.8 Å². The second-order valence-electron chi connectivity index (χ2n) is 7.59. The van der Waals surface area contributed by atoms with Crippen molar-refractivity contribution >= 4 is 38.1 Å². The van der Waals surface area contributed by atoms with Gasteiger partial charge < -0.3 is 10.1 Å². The van der Waals surface area contributed by atoms with Crippen molar-refractivity contribution in [3.63, 3.8) is 0 Å². The minimum atomic E-state index is -3.85. The van der Waals surface area contributed by atoms with E-state index in [9.17, 15) is 17.6 Å². The lowest BCUT2D eigenvalue weighted by molar-refractivity contribution is -0.122. The molecule has 0 heterocycles. The van der Waals surface area contributed by atoms with Crippen LogP contribution in [0.2, 0.25) is 0 Å². The van der Waals surface area contributed by atoms with Gasteiger partial charge in [0.25, 0.3) is 15.9 Å².